The van der Waals surface area contributed by atoms with E-state index >= 15 is 0 Å². The van der Waals surface area contributed by atoms with Gasteiger partial charge in [-0.05, 0) is 68.0 Å². The predicted octanol–water partition coefficient (Wildman–Crippen LogP) is 6.45. The Labute approximate surface area is 192 Å². The zero-order chi connectivity index (χ0) is 22.3. The predicted molar refractivity (Wildman–Crippen MR) is 127 cm³/mol. The minimum Gasteiger partial charge on any atom is -0.494 e. The Morgan fingerprint density at radius 3 is 2.41 bits per heavy atom. The van der Waals surface area contributed by atoms with Gasteiger partial charge in [0.25, 0.3) is 0 Å². The molecule has 0 amide bonds. The summed E-state index contributed by atoms with van der Waals surface area (Å²) in [6, 6.07) is 16.8. The molecule has 166 valence electrons. The normalized spacial score (nSPS) is 11.2. The van der Waals surface area contributed by atoms with Gasteiger partial charge in [-0.1, -0.05) is 25.4 Å². The van der Waals surface area contributed by atoms with E-state index in [4.69, 9.17) is 25.5 Å². The molecule has 0 unspecified atom stereocenters. The molecule has 2 aromatic carbocycles. The number of fused-ring (bicyclic) bond motifs is 1. The molecule has 2 heterocycles. The van der Waals surface area contributed by atoms with Gasteiger partial charge in [0, 0.05) is 18.2 Å². The van der Waals surface area contributed by atoms with Crippen molar-refractivity contribution in [3.05, 3.63) is 65.9 Å². The summed E-state index contributed by atoms with van der Waals surface area (Å²) in [5.74, 6) is 2.63. The van der Waals surface area contributed by atoms with Crippen molar-refractivity contribution in [3.63, 3.8) is 0 Å². The summed E-state index contributed by atoms with van der Waals surface area (Å²) in [5, 5.41) is 0.420. The van der Waals surface area contributed by atoms with Gasteiger partial charge in [-0.2, -0.15) is 0 Å². The highest BCUT2D eigenvalue weighted by Gasteiger charge is 2.10. The highest BCUT2D eigenvalue weighted by Crippen LogP contribution is 2.30. The van der Waals surface area contributed by atoms with Crippen LogP contribution in [0.25, 0.3) is 22.6 Å². The first-order chi connectivity index (χ1) is 15.6. The van der Waals surface area contributed by atoms with Gasteiger partial charge in [-0.25, -0.2) is 9.97 Å². The Balaban J connectivity index is 1.39. The monoisotopic (exact) mass is 451 g/mol. The van der Waals surface area contributed by atoms with E-state index in [1.807, 2.05) is 42.5 Å². The topological polar surface area (TPSA) is 60.6 Å². The summed E-state index contributed by atoms with van der Waals surface area (Å²) >= 11 is 5.82. The summed E-state index contributed by atoms with van der Waals surface area (Å²) in [5.41, 5.74) is 2.30. The molecule has 6 nitrogen and oxygen atoms in total. The maximum absolute atomic E-state index is 5.97. The van der Waals surface area contributed by atoms with Crippen LogP contribution < -0.4 is 9.47 Å². The summed E-state index contributed by atoms with van der Waals surface area (Å²) in [6.07, 6.45) is 2.58. The second-order valence-electron chi connectivity index (χ2n) is 7.32. The Morgan fingerprint density at radius 2 is 1.69 bits per heavy atom. The first-order valence-electron chi connectivity index (χ1n) is 10.8. The Bertz CT molecular complexity index is 1140. The Hall–Kier alpha value is -3.09. The molecule has 4 rings (SSSR count). The Morgan fingerprint density at radius 1 is 0.938 bits per heavy atom. The molecule has 0 fully saturated rings. The molecule has 0 aliphatic heterocycles. The number of hydrogen-bond acceptors (Lipinski definition) is 6. The first-order valence-corrected chi connectivity index (χ1v) is 11.2. The van der Waals surface area contributed by atoms with Crippen LogP contribution in [-0.2, 0) is 0 Å². The van der Waals surface area contributed by atoms with E-state index in [0.29, 0.717) is 34.7 Å². The van der Waals surface area contributed by atoms with Gasteiger partial charge in [0.15, 0.2) is 5.58 Å². The lowest BCUT2D eigenvalue weighted by Crippen LogP contribution is -2.25. The molecule has 0 N–H and O–H groups in total. The maximum atomic E-state index is 5.97. The molecule has 0 aliphatic rings. The van der Waals surface area contributed by atoms with E-state index < -0.39 is 0 Å². The lowest BCUT2D eigenvalue weighted by molar-refractivity contribution is 0.249. The third kappa shape index (κ3) is 5.58. The zero-order valence-corrected chi connectivity index (χ0v) is 19.0. The minimum atomic E-state index is 0.420. The number of rotatable bonds is 10. The molecule has 0 atom stereocenters. The summed E-state index contributed by atoms with van der Waals surface area (Å²) in [6.45, 7) is 8.25. The number of aromatic nitrogens is 2. The van der Waals surface area contributed by atoms with Crippen LogP contribution in [-0.4, -0.2) is 41.1 Å². The highest BCUT2D eigenvalue weighted by molar-refractivity contribution is 6.29. The summed E-state index contributed by atoms with van der Waals surface area (Å²) < 4.78 is 17.7. The van der Waals surface area contributed by atoms with Crippen molar-refractivity contribution in [1.82, 2.24) is 14.9 Å². The number of nitrogens with zero attached hydrogens (tertiary/aromatic N) is 3. The molecule has 0 bridgehead atoms. The molecule has 4 aromatic rings. The average molecular weight is 452 g/mol. The third-order valence-electron chi connectivity index (χ3n) is 5.18. The van der Waals surface area contributed by atoms with Crippen LogP contribution in [0.4, 0.5) is 0 Å². The molecule has 2 aromatic heterocycles. The lowest BCUT2D eigenvalue weighted by atomic mass is 10.2. The molecule has 0 saturated carbocycles. The standard InChI is InChI=1S/C25H26ClN3O3/c1-3-29(4-2)14-5-15-30-19-8-6-18(7-9-19)25-28-22-12-10-20(16-23(22)32-25)31-21-11-13-24(26)27-17-21/h6-13,16-17H,3-5,14-15H2,1-2H3. The fraction of sp³-hybridized carbons (Fsp3) is 0.280. The Kier molecular flexibility index (Phi) is 7.24. The average Bonchev–Trinajstić information content (AvgIpc) is 3.24. The van der Waals surface area contributed by atoms with Crippen LogP contribution in [0.3, 0.4) is 0 Å². The van der Waals surface area contributed by atoms with Gasteiger partial charge >= 0.3 is 0 Å². The minimum absolute atomic E-state index is 0.420. The van der Waals surface area contributed by atoms with E-state index in [2.05, 4.69) is 28.7 Å². The summed E-state index contributed by atoms with van der Waals surface area (Å²) in [4.78, 5) is 11.0. The molecular formula is C25H26ClN3O3. The maximum Gasteiger partial charge on any atom is 0.227 e. The molecule has 0 aliphatic carbocycles. The smallest absolute Gasteiger partial charge is 0.227 e. The van der Waals surface area contributed by atoms with E-state index in [1.165, 1.54) is 0 Å². The number of pyridine rings is 1. The zero-order valence-electron chi connectivity index (χ0n) is 18.3. The molecule has 0 saturated heterocycles. The van der Waals surface area contributed by atoms with Crippen LogP contribution in [0.5, 0.6) is 17.2 Å². The van der Waals surface area contributed by atoms with Crippen LogP contribution in [0.1, 0.15) is 20.3 Å². The van der Waals surface area contributed by atoms with E-state index in [0.717, 1.165) is 42.9 Å². The van der Waals surface area contributed by atoms with Crippen LogP contribution in [0.2, 0.25) is 5.15 Å². The molecular weight excluding hydrogens is 426 g/mol. The van der Waals surface area contributed by atoms with Gasteiger partial charge in [-0.3, -0.25) is 0 Å². The van der Waals surface area contributed by atoms with Gasteiger partial charge in [0.05, 0.1) is 12.8 Å². The van der Waals surface area contributed by atoms with Crippen molar-refractivity contribution in [2.45, 2.75) is 20.3 Å². The quantitative estimate of drug-likeness (QED) is 0.204. The first kappa shape index (κ1) is 22.1. The van der Waals surface area contributed by atoms with E-state index in [-0.39, 0.29) is 0 Å². The van der Waals surface area contributed by atoms with Crippen molar-refractivity contribution in [2.24, 2.45) is 0 Å². The van der Waals surface area contributed by atoms with Crippen molar-refractivity contribution >= 4 is 22.7 Å². The van der Waals surface area contributed by atoms with Crippen molar-refractivity contribution in [3.8, 4) is 28.7 Å². The van der Waals surface area contributed by atoms with Crippen molar-refractivity contribution in [1.29, 1.82) is 0 Å². The van der Waals surface area contributed by atoms with Crippen LogP contribution >= 0.6 is 11.6 Å². The van der Waals surface area contributed by atoms with E-state index in [9.17, 15) is 0 Å². The number of hydrogen-bond donors (Lipinski definition) is 0. The fourth-order valence-electron chi connectivity index (χ4n) is 3.36. The van der Waals surface area contributed by atoms with Crippen LogP contribution in [0.15, 0.2) is 65.2 Å². The van der Waals surface area contributed by atoms with Crippen molar-refractivity contribution < 1.29 is 13.9 Å². The SMILES string of the molecule is CCN(CC)CCCOc1ccc(-c2nc3ccc(Oc4ccc(Cl)nc4)cc3o2)cc1. The molecule has 7 heteroatoms. The largest absolute Gasteiger partial charge is 0.494 e. The number of oxazole rings is 1. The summed E-state index contributed by atoms with van der Waals surface area (Å²) in [7, 11) is 0. The van der Waals surface area contributed by atoms with Crippen molar-refractivity contribution in [2.75, 3.05) is 26.2 Å². The molecule has 0 radical (unpaired) electrons. The number of ether oxygens (including phenoxy) is 2. The molecule has 0 spiro atoms. The highest BCUT2D eigenvalue weighted by atomic mass is 35.5. The van der Waals surface area contributed by atoms with Gasteiger partial charge in [0.1, 0.15) is 27.9 Å². The number of benzene rings is 2. The second-order valence-corrected chi connectivity index (χ2v) is 7.71. The van der Waals surface area contributed by atoms with Gasteiger partial charge in [-0.15, -0.1) is 0 Å². The second kappa shape index (κ2) is 10.5. The number of halogens is 1. The third-order valence-corrected chi connectivity index (χ3v) is 5.40. The lowest BCUT2D eigenvalue weighted by Gasteiger charge is -2.17. The van der Waals surface area contributed by atoms with Gasteiger partial charge in [0.2, 0.25) is 5.89 Å². The van der Waals surface area contributed by atoms with Crippen LogP contribution in [0, 0.1) is 0 Å². The molecule has 32 heavy (non-hydrogen) atoms. The van der Waals surface area contributed by atoms with Gasteiger partial charge < -0.3 is 18.8 Å². The fourth-order valence-corrected chi connectivity index (χ4v) is 3.47. The van der Waals surface area contributed by atoms with E-state index in [1.54, 1.807) is 18.3 Å².